The minimum absolute atomic E-state index is 0. The van der Waals surface area contributed by atoms with Crippen LogP contribution in [0.3, 0.4) is 0 Å². The fraction of sp³-hybridized carbons (Fsp3) is 0.950. The fourth-order valence-corrected chi connectivity index (χ4v) is 4.64. The van der Waals surface area contributed by atoms with E-state index >= 15 is 0 Å². The summed E-state index contributed by atoms with van der Waals surface area (Å²) in [4.78, 5) is 10.0. The molecule has 3 aliphatic rings. The maximum atomic E-state index is 5.50. The van der Waals surface area contributed by atoms with Crippen LogP contribution >= 0.6 is 24.0 Å². The number of aliphatic imine (C=N–C) groups is 1. The second-order valence-corrected chi connectivity index (χ2v) is 7.92. The highest BCUT2D eigenvalue weighted by atomic mass is 127. The van der Waals surface area contributed by atoms with Gasteiger partial charge >= 0.3 is 0 Å². The Morgan fingerprint density at radius 3 is 2.58 bits per heavy atom. The molecule has 3 fully saturated rings. The topological polar surface area (TPSA) is 40.1 Å². The van der Waals surface area contributed by atoms with Crippen molar-refractivity contribution < 1.29 is 4.74 Å². The third kappa shape index (κ3) is 6.82. The molecule has 1 aliphatic carbocycles. The summed E-state index contributed by atoms with van der Waals surface area (Å²) in [6, 6.07) is 0.676. The molecule has 5 nitrogen and oxygen atoms in total. The fourth-order valence-electron chi connectivity index (χ4n) is 4.64. The number of hydrogen-bond acceptors (Lipinski definition) is 3. The molecule has 2 heterocycles. The van der Waals surface area contributed by atoms with E-state index in [0.717, 1.165) is 64.4 Å². The SMILES string of the molecule is CCNC(=NCCCC1CCCCC1)N1CCC(N2CCOCC2)C1.I. The van der Waals surface area contributed by atoms with Crippen LogP contribution < -0.4 is 5.32 Å². The van der Waals surface area contributed by atoms with Gasteiger partial charge in [-0.2, -0.15) is 0 Å². The van der Waals surface area contributed by atoms with E-state index in [-0.39, 0.29) is 24.0 Å². The van der Waals surface area contributed by atoms with Crippen LogP contribution in [0.5, 0.6) is 0 Å². The van der Waals surface area contributed by atoms with Gasteiger partial charge in [-0.3, -0.25) is 9.89 Å². The zero-order chi connectivity index (χ0) is 17.3. The lowest BCUT2D eigenvalue weighted by molar-refractivity contribution is 0.0195. The van der Waals surface area contributed by atoms with E-state index in [1.807, 2.05) is 0 Å². The normalized spacial score (nSPS) is 26.0. The van der Waals surface area contributed by atoms with Crippen LogP contribution in [0.1, 0.15) is 58.3 Å². The van der Waals surface area contributed by atoms with Crippen molar-refractivity contribution in [3.05, 3.63) is 0 Å². The maximum absolute atomic E-state index is 5.50. The van der Waals surface area contributed by atoms with Crippen LogP contribution in [0.2, 0.25) is 0 Å². The minimum Gasteiger partial charge on any atom is -0.379 e. The number of morpholine rings is 1. The lowest BCUT2D eigenvalue weighted by Gasteiger charge is -2.32. The monoisotopic (exact) mass is 478 g/mol. The van der Waals surface area contributed by atoms with E-state index in [1.54, 1.807) is 0 Å². The molecule has 1 N–H and O–H groups in total. The molecule has 1 atom stereocenters. The summed E-state index contributed by atoms with van der Waals surface area (Å²) in [5, 5.41) is 3.52. The number of likely N-dealkylation sites (tertiary alicyclic amines) is 1. The van der Waals surface area contributed by atoms with E-state index in [9.17, 15) is 0 Å². The Hall–Kier alpha value is -0.0800. The number of ether oxygens (including phenoxy) is 1. The first-order chi connectivity index (χ1) is 12.4. The van der Waals surface area contributed by atoms with E-state index in [0.29, 0.717) is 6.04 Å². The number of halogens is 1. The first-order valence-electron chi connectivity index (χ1n) is 10.7. The second-order valence-electron chi connectivity index (χ2n) is 7.92. The predicted octanol–water partition coefficient (Wildman–Crippen LogP) is 3.34. The van der Waals surface area contributed by atoms with E-state index in [2.05, 4.69) is 22.0 Å². The molecule has 26 heavy (non-hydrogen) atoms. The highest BCUT2D eigenvalue weighted by Crippen LogP contribution is 2.27. The number of nitrogens with zero attached hydrogens (tertiary/aromatic N) is 3. The summed E-state index contributed by atoms with van der Waals surface area (Å²) in [6.07, 6.45) is 11.2. The van der Waals surface area contributed by atoms with Crippen molar-refractivity contribution in [3.8, 4) is 0 Å². The van der Waals surface area contributed by atoms with Gasteiger partial charge in [0, 0.05) is 45.3 Å². The lowest BCUT2D eigenvalue weighted by Crippen LogP contribution is -2.46. The van der Waals surface area contributed by atoms with Crippen molar-refractivity contribution in [2.75, 3.05) is 52.5 Å². The average Bonchev–Trinajstić information content (AvgIpc) is 3.16. The summed E-state index contributed by atoms with van der Waals surface area (Å²) < 4.78 is 5.50. The van der Waals surface area contributed by atoms with Crippen LogP contribution in [0.4, 0.5) is 0 Å². The third-order valence-corrected chi connectivity index (χ3v) is 6.12. The van der Waals surface area contributed by atoms with Gasteiger partial charge in [-0.25, -0.2) is 0 Å². The molecule has 2 saturated heterocycles. The van der Waals surface area contributed by atoms with Crippen LogP contribution in [0.15, 0.2) is 4.99 Å². The van der Waals surface area contributed by atoms with E-state index < -0.39 is 0 Å². The zero-order valence-electron chi connectivity index (χ0n) is 16.6. The van der Waals surface area contributed by atoms with Gasteiger partial charge in [-0.1, -0.05) is 32.1 Å². The Bertz CT molecular complexity index is 409. The van der Waals surface area contributed by atoms with E-state index in [4.69, 9.17) is 9.73 Å². The Labute approximate surface area is 177 Å². The van der Waals surface area contributed by atoms with Crippen LogP contribution in [0.25, 0.3) is 0 Å². The first-order valence-corrected chi connectivity index (χ1v) is 10.7. The van der Waals surface area contributed by atoms with Crippen molar-refractivity contribution >= 4 is 29.9 Å². The largest absolute Gasteiger partial charge is 0.379 e. The third-order valence-electron chi connectivity index (χ3n) is 6.12. The van der Waals surface area contributed by atoms with Crippen molar-refractivity contribution in [1.29, 1.82) is 0 Å². The van der Waals surface area contributed by atoms with Crippen molar-refractivity contribution in [2.24, 2.45) is 10.9 Å². The summed E-state index contributed by atoms with van der Waals surface area (Å²) >= 11 is 0. The summed E-state index contributed by atoms with van der Waals surface area (Å²) in [7, 11) is 0. The van der Waals surface area contributed by atoms with Gasteiger partial charge in [0.25, 0.3) is 0 Å². The molecule has 0 spiro atoms. The maximum Gasteiger partial charge on any atom is 0.193 e. The molecule has 1 saturated carbocycles. The van der Waals surface area contributed by atoms with Gasteiger partial charge in [0.05, 0.1) is 13.2 Å². The Balaban J connectivity index is 0.00000243. The molecule has 0 aromatic rings. The summed E-state index contributed by atoms with van der Waals surface area (Å²) in [5.74, 6) is 2.12. The highest BCUT2D eigenvalue weighted by molar-refractivity contribution is 14.0. The molecule has 0 radical (unpaired) electrons. The first kappa shape index (κ1) is 22.2. The molecular formula is C20H39IN4O. The number of nitrogens with one attached hydrogen (secondary N) is 1. The lowest BCUT2D eigenvalue weighted by atomic mass is 9.86. The molecule has 0 bridgehead atoms. The van der Waals surface area contributed by atoms with Gasteiger partial charge < -0.3 is 15.0 Å². The van der Waals surface area contributed by atoms with Crippen LogP contribution in [-0.4, -0.2) is 74.3 Å². The van der Waals surface area contributed by atoms with Gasteiger partial charge in [-0.15, -0.1) is 24.0 Å². The van der Waals surface area contributed by atoms with E-state index in [1.165, 1.54) is 51.4 Å². The number of rotatable bonds is 6. The Morgan fingerprint density at radius 1 is 1.08 bits per heavy atom. The Kier molecular flexibility index (Phi) is 10.6. The second kappa shape index (κ2) is 12.4. The molecule has 3 rings (SSSR count). The number of guanidine groups is 1. The molecular weight excluding hydrogens is 439 g/mol. The average molecular weight is 478 g/mol. The highest BCUT2D eigenvalue weighted by Gasteiger charge is 2.30. The van der Waals surface area contributed by atoms with Crippen LogP contribution in [0, 0.1) is 5.92 Å². The predicted molar refractivity (Wildman–Crippen MR) is 120 cm³/mol. The molecule has 6 heteroatoms. The standard InChI is InChI=1S/C20H38N4O.HI/c1-2-21-20(22-11-6-9-18-7-4-3-5-8-18)24-12-10-19(17-24)23-13-15-25-16-14-23;/h18-19H,2-17H2,1H3,(H,21,22);1H. The minimum atomic E-state index is 0. The van der Waals surface area contributed by atoms with Crippen molar-refractivity contribution in [3.63, 3.8) is 0 Å². The molecule has 152 valence electrons. The smallest absolute Gasteiger partial charge is 0.193 e. The molecule has 2 aliphatic heterocycles. The van der Waals surface area contributed by atoms with Gasteiger partial charge in [0.1, 0.15) is 0 Å². The molecule has 1 unspecified atom stereocenters. The Morgan fingerprint density at radius 2 is 1.85 bits per heavy atom. The van der Waals surface area contributed by atoms with Gasteiger partial charge in [0.2, 0.25) is 0 Å². The summed E-state index contributed by atoms with van der Waals surface area (Å²) in [5.41, 5.74) is 0. The van der Waals surface area contributed by atoms with Gasteiger partial charge in [-0.05, 0) is 32.1 Å². The quantitative estimate of drug-likeness (QED) is 0.275. The summed E-state index contributed by atoms with van der Waals surface area (Å²) in [6.45, 7) is 10.3. The van der Waals surface area contributed by atoms with Gasteiger partial charge in [0.15, 0.2) is 5.96 Å². The number of hydrogen-bond donors (Lipinski definition) is 1. The molecule has 0 amide bonds. The molecule has 0 aromatic carbocycles. The van der Waals surface area contributed by atoms with Crippen LogP contribution in [-0.2, 0) is 4.74 Å². The molecule has 0 aromatic heterocycles. The van der Waals surface area contributed by atoms with Crippen molar-refractivity contribution in [1.82, 2.24) is 15.1 Å². The zero-order valence-corrected chi connectivity index (χ0v) is 19.0. The van der Waals surface area contributed by atoms with Crippen molar-refractivity contribution in [2.45, 2.75) is 64.3 Å².